The normalized spacial score (nSPS) is 11.9. The van der Waals surface area contributed by atoms with E-state index in [1.165, 1.54) is 0 Å². The van der Waals surface area contributed by atoms with Gasteiger partial charge in [-0.1, -0.05) is 12.1 Å². The Balaban J connectivity index is 2.04. The molecule has 0 spiro atoms. The molecular formula is C16H20N2O2. The van der Waals surface area contributed by atoms with Gasteiger partial charge in [0.2, 0.25) is 0 Å². The molecule has 0 aliphatic rings. The van der Waals surface area contributed by atoms with Crippen molar-refractivity contribution in [1.29, 1.82) is 0 Å². The summed E-state index contributed by atoms with van der Waals surface area (Å²) in [6.45, 7) is 2.52. The highest BCUT2D eigenvalue weighted by Gasteiger charge is 2.09. The molecule has 20 heavy (non-hydrogen) atoms. The molecule has 0 amide bonds. The average molecular weight is 272 g/mol. The molecule has 106 valence electrons. The zero-order valence-electron chi connectivity index (χ0n) is 11.9. The predicted octanol–water partition coefficient (Wildman–Crippen LogP) is 2.73. The van der Waals surface area contributed by atoms with Crippen LogP contribution >= 0.6 is 0 Å². The standard InChI is InChI=1S/C16H20N2O2/c1-12(17)15-6-5-14(19-2)10-16(15)20-9-7-13-4-3-8-18-11-13/h3-6,8,10-12H,7,9,17H2,1-2H3/t12-/m1/s1. The lowest BCUT2D eigenvalue weighted by Crippen LogP contribution is -2.10. The van der Waals surface area contributed by atoms with E-state index in [2.05, 4.69) is 4.98 Å². The Bertz CT molecular complexity index is 541. The van der Waals surface area contributed by atoms with Crippen LogP contribution in [0.1, 0.15) is 24.1 Å². The summed E-state index contributed by atoms with van der Waals surface area (Å²) in [5, 5.41) is 0. The molecule has 0 aliphatic carbocycles. The third kappa shape index (κ3) is 3.71. The first-order valence-corrected chi connectivity index (χ1v) is 6.66. The average Bonchev–Trinajstić information content (AvgIpc) is 2.48. The van der Waals surface area contributed by atoms with Crippen molar-refractivity contribution in [2.75, 3.05) is 13.7 Å². The zero-order valence-corrected chi connectivity index (χ0v) is 11.9. The summed E-state index contributed by atoms with van der Waals surface area (Å²) in [5.41, 5.74) is 8.09. The van der Waals surface area contributed by atoms with Crippen LogP contribution < -0.4 is 15.2 Å². The first-order valence-electron chi connectivity index (χ1n) is 6.66. The molecule has 0 saturated heterocycles. The molecule has 2 rings (SSSR count). The molecule has 0 saturated carbocycles. The van der Waals surface area contributed by atoms with Crippen molar-refractivity contribution in [1.82, 2.24) is 4.98 Å². The van der Waals surface area contributed by atoms with E-state index in [1.807, 2.05) is 43.5 Å². The second kappa shape index (κ2) is 6.91. The summed E-state index contributed by atoms with van der Waals surface area (Å²) < 4.78 is 11.1. The fourth-order valence-electron chi connectivity index (χ4n) is 1.97. The molecule has 2 N–H and O–H groups in total. The molecule has 1 atom stereocenters. The third-order valence-electron chi connectivity index (χ3n) is 3.08. The topological polar surface area (TPSA) is 57.4 Å². The lowest BCUT2D eigenvalue weighted by Gasteiger charge is -2.15. The van der Waals surface area contributed by atoms with Crippen LogP contribution in [0.25, 0.3) is 0 Å². The van der Waals surface area contributed by atoms with Crippen LogP contribution in [0.15, 0.2) is 42.7 Å². The maximum Gasteiger partial charge on any atom is 0.127 e. The number of nitrogens with zero attached hydrogens (tertiary/aromatic N) is 1. The van der Waals surface area contributed by atoms with Gasteiger partial charge in [-0.3, -0.25) is 4.98 Å². The van der Waals surface area contributed by atoms with Crippen molar-refractivity contribution in [3.8, 4) is 11.5 Å². The molecule has 4 heteroatoms. The largest absolute Gasteiger partial charge is 0.497 e. The number of hydrogen-bond acceptors (Lipinski definition) is 4. The van der Waals surface area contributed by atoms with Crippen molar-refractivity contribution in [2.24, 2.45) is 5.73 Å². The van der Waals surface area contributed by atoms with Crippen LogP contribution in [-0.4, -0.2) is 18.7 Å². The highest BCUT2D eigenvalue weighted by Crippen LogP contribution is 2.28. The Morgan fingerprint density at radius 1 is 1.30 bits per heavy atom. The molecule has 2 aromatic rings. The molecular weight excluding hydrogens is 252 g/mol. The van der Waals surface area contributed by atoms with Crippen LogP contribution in [0.3, 0.4) is 0 Å². The van der Waals surface area contributed by atoms with Crippen LogP contribution in [0.2, 0.25) is 0 Å². The van der Waals surface area contributed by atoms with E-state index in [0.29, 0.717) is 6.61 Å². The fraction of sp³-hybridized carbons (Fsp3) is 0.312. The summed E-state index contributed by atoms with van der Waals surface area (Å²) in [4.78, 5) is 4.09. The van der Waals surface area contributed by atoms with Gasteiger partial charge in [0.25, 0.3) is 0 Å². The summed E-state index contributed by atoms with van der Waals surface area (Å²) in [6, 6.07) is 9.61. The smallest absolute Gasteiger partial charge is 0.127 e. The summed E-state index contributed by atoms with van der Waals surface area (Å²) in [6.07, 6.45) is 4.42. The molecule has 0 bridgehead atoms. The van der Waals surface area contributed by atoms with E-state index < -0.39 is 0 Å². The number of rotatable bonds is 6. The maximum absolute atomic E-state index is 5.96. The van der Waals surface area contributed by atoms with Crippen LogP contribution in [0, 0.1) is 0 Å². The van der Waals surface area contributed by atoms with Gasteiger partial charge in [0, 0.05) is 36.5 Å². The van der Waals surface area contributed by atoms with E-state index >= 15 is 0 Å². The minimum Gasteiger partial charge on any atom is -0.497 e. The minimum absolute atomic E-state index is 0.0747. The third-order valence-corrected chi connectivity index (χ3v) is 3.08. The molecule has 0 radical (unpaired) electrons. The Morgan fingerprint density at radius 2 is 2.15 bits per heavy atom. The molecule has 4 nitrogen and oxygen atoms in total. The van der Waals surface area contributed by atoms with Gasteiger partial charge in [0.1, 0.15) is 11.5 Å². The van der Waals surface area contributed by atoms with Gasteiger partial charge >= 0.3 is 0 Å². The quantitative estimate of drug-likeness (QED) is 0.878. The minimum atomic E-state index is -0.0747. The molecule has 0 unspecified atom stereocenters. The first-order chi connectivity index (χ1) is 9.70. The monoisotopic (exact) mass is 272 g/mol. The molecule has 1 aromatic carbocycles. The summed E-state index contributed by atoms with van der Waals surface area (Å²) >= 11 is 0. The van der Waals surface area contributed by atoms with Crippen molar-refractivity contribution in [2.45, 2.75) is 19.4 Å². The second-order valence-electron chi connectivity index (χ2n) is 4.65. The summed E-state index contributed by atoms with van der Waals surface area (Å²) in [5.74, 6) is 1.55. The van der Waals surface area contributed by atoms with Gasteiger partial charge in [-0.15, -0.1) is 0 Å². The fourth-order valence-corrected chi connectivity index (χ4v) is 1.97. The SMILES string of the molecule is COc1ccc([C@@H](C)N)c(OCCc2cccnc2)c1. The first kappa shape index (κ1) is 14.3. The van der Waals surface area contributed by atoms with Crippen LogP contribution in [0.5, 0.6) is 11.5 Å². The molecule has 1 heterocycles. The van der Waals surface area contributed by atoms with Crippen molar-refractivity contribution < 1.29 is 9.47 Å². The van der Waals surface area contributed by atoms with Gasteiger partial charge in [0.15, 0.2) is 0 Å². The summed E-state index contributed by atoms with van der Waals surface area (Å²) in [7, 11) is 1.64. The van der Waals surface area contributed by atoms with Crippen molar-refractivity contribution >= 4 is 0 Å². The van der Waals surface area contributed by atoms with Gasteiger partial charge in [0.05, 0.1) is 13.7 Å². The Morgan fingerprint density at radius 3 is 2.80 bits per heavy atom. The molecule has 1 aromatic heterocycles. The van der Waals surface area contributed by atoms with E-state index in [-0.39, 0.29) is 6.04 Å². The van der Waals surface area contributed by atoms with E-state index in [0.717, 1.165) is 29.0 Å². The van der Waals surface area contributed by atoms with Crippen LogP contribution in [0.4, 0.5) is 0 Å². The number of benzene rings is 1. The highest BCUT2D eigenvalue weighted by atomic mass is 16.5. The number of pyridine rings is 1. The van der Waals surface area contributed by atoms with E-state index in [9.17, 15) is 0 Å². The van der Waals surface area contributed by atoms with E-state index in [4.69, 9.17) is 15.2 Å². The number of ether oxygens (including phenoxy) is 2. The van der Waals surface area contributed by atoms with Gasteiger partial charge in [-0.05, 0) is 24.6 Å². The number of aromatic nitrogens is 1. The highest BCUT2D eigenvalue weighted by molar-refractivity contribution is 5.42. The number of methoxy groups -OCH3 is 1. The lowest BCUT2D eigenvalue weighted by molar-refractivity contribution is 0.314. The Hall–Kier alpha value is -2.07. The van der Waals surface area contributed by atoms with Crippen LogP contribution in [-0.2, 0) is 6.42 Å². The Kier molecular flexibility index (Phi) is 4.96. The maximum atomic E-state index is 5.96. The lowest BCUT2D eigenvalue weighted by atomic mass is 10.1. The molecule has 0 fully saturated rings. The van der Waals surface area contributed by atoms with E-state index in [1.54, 1.807) is 13.3 Å². The van der Waals surface area contributed by atoms with Gasteiger partial charge in [-0.25, -0.2) is 0 Å². The van der Waals surface area contributed by atoms with Gasteiger partial charge < -0.3 is 15.2 Å². The second-order valence-corrected chi connectivity index (χ2v) is 4.65. The Labute approximate surface area is 119 Å². The number of hydrogen-bond donors (Lipinski definition) is 1. The van der Waals surface area contributed by atoms with Crippen molar-refractivity contribution in [3.63, 3.8) is 0 Å². The molecule has 0 aliphatic heterocycles. The van der Waals surface area contributed by atoms with Crippen molar-refractivity contribution in [3.05, 3.63) is 53.9 Å². The zero-order chi connectivity index (χ0) is 14.4. The number of nitrogens with two attached hydrogens (primary N) is 1. The predicted molar refractivity (Wildman–Crippen MR) is 79.0 cm³/mol. The van der Waals surface area contributed by atoms with Gasteiger partial charge in [-0.2, -0.15) is 0 Å².